The van der Waals surface area contributed by atoms with E-state index >= 15 is 0 Å². The van der Waals surface area contributed by atoms with E-state index in [1.54, 1.807) is 39.8 Å². The summed E-state index contributed by atoms with van der Waals surface area (Å²) in [6.45, 7) is 6.97. The van der Waals surface area contributed by atoms with Gasteiger partial charge in [0.05, 0.1) is 18.9 Å². The lowest BCUT2D eigenvalue weighted by Gasteiger charge is -2.20. The zero-order valence-electron chi connectivity index (χ0n) is 13.8. The van der Waals surface area contributed by atoms with Crippen molar-refractivity contribution in [1.29, 1.82) is 0 Å². The number of aliphatic hydroxyl groups excluding tert-OH is 1. The second-order valence-corrected chi connectivity index (χ2v) is 6.21. The maximum absolute atomic E-state index is 11.8. The van der Waals surface area contributed by atoms with E-state index < -0.39 is 17.8 Å². The van der Waals surface area contributed by atoms with Crippen LogP contribution < -0.4 is 10.1 Å². The second kappa shape index (κ2) is 7.35. The number of phenolic OH excluding ortho intramolecular Hbond substituents is 1. The third kappa shape index (κ3) is 5.81. The molecule has 0 bridgehead atoms. The first-order chi connectivity index (χ1) is 10.1. The van der Waals surface area contributed by atoms with Gasteiger partial charge < -0.3 is 19.7 Å². The van der Waals surface area contributed by atoms with Crippen LogP contribution in [0, 0.1) is 0 Å². The highest BCUT2D eigenvalue weighted by Gasteiger charge is 2.19. The van der Waals surface area contributed by atoms with Crippen molar-refractivity contribution in [2.24, 2.45) is 0 Å². The normalized spacial score (nSPS) is 12.6. The number of benzene rings is 1. The molecule has 124 valence electrons. The van der Waals surface area contributed by atoms with Gasteiger partial charge in [-0.05, 0) is 58.2 Å². The number of aliphatic hydroxyl groups is 1. The summed E-state index contributed by atoms with van der Waals surface area (Å²) in [6.07, 6.45) is 0.0801. The first-order valence-corrected chi connectivity index (χ1v) is 7.20. The van der Waals surface area contributed by atoms with E-state index in [1.165, 1.54) is 7.11 Å². The molecule has 0 aliphatic carbocycles. The predicted octanol–water partition coefficient (Wildman–Crippen LogP) is 3.06. The van der Waals surface area contributed by atoms with Crippen molar-refractivity contribution in [2.75, 3.05) is 12.4 Å². The largest absolute Gasteiger partial charge is 0.503 e. The highest BCUT2D eigenvalue weighted by atomic mass is 16.6. The van der Waals surface area contributed by atoms with Gasteiger partial charge in [-0.3, -0.25) is 5.32 Å². The average molecular weight is 311 g/mol. The van der Waals surface area contributed by atoms with Gasteiger partial charge in [-0.15, -0.1) is 0 Å². The summed E-state index contributed by atoms with van der Waals surface area (Å²) >= 11 is 0. The first kappa shape index (κ1) is 18.1. The minimum Gasteiger partial charge on any atom is -0.503 e. The highest BCUT2D eigenvalue weighted by Crippen LogP contribution is 2.36. The molecule has 3 N–H and O–H groups in total. The molecule has 0 aliphatic rings. The number of hydrogen-bond donors (Lipinski definition) is 3. The fraction of sp³-hybridized carbons (Fsp3) is 0.562. The molecule has 1 rings (SSSR count). The van der Waals surface area contributed by atoms with Crippen molar-refractivity contribution in [3.63, 3.8) is 0 Å². The Hall–Kier alpha value is -1.95. The molecular weight excluding hydrogens is 286 g/mol. The Kier molecular flexibility index (Phi) is 6.05. The molecule has 0 fully saturated rings. The van der Waals surface area contributed by atoms with E-state index in [-0.39, 0.29) is 17.2 Å². The smallest absolute Gasteiger partial charge is 0.412 e. The molecule has 6 heteroatoms. The quantitative estimate of drug-likeness (QED) is 0.727. The summed E-state index contributed by atoms with van der Waals surface area (Å²) in [4.78, 5) is 11.8. The molecule has 1 aromatic rings. The molecule has 0 unspecified atom stereocenters. The monoisotopic (exact) mass is 311 g/mol. The van der Waals surface area contributed by atoms with Crippen molar-refractivity contribution < 1.29 is 24.5 Å². The predicted molar refractivity (Wildman–Crippen MR) is 84.5 cm³/mol. The van der Waals surface area contributed by atoms with Gasteiger partial charge in [0.25, 0.3) is 0 Å². The van der Waals surface area contributed by atoms with Crippen LogP contribution in [0.4, 0.5) is 10.5 Å². The summed E-state index contributed by atoms with van der Waals surface area (Å²) in [6, 6.07) is 3.32. The van der Waals surface area contributed by atoms with Gasteiger partial charge in [0.2, 0.25) is 0 Å². The zero-order valence-corrected chi connectivity index (χ0v) is 13.8. The van der Waals surface area contributed by atoms with Crippen LogP contribution in [0.3, 0.4) is 0 Å². The number of hydrogen-bond acceptors (Lipinski definition) is 5. The molecule has 0 saturated heterocycles. The van der Waals surface area contributed by atoms with Crippen LogP contribution in [-0.2, 0) is 11.2 Å². The Labute approximate surface area is 131 Å². The summed E-state index contributed by atoms with van der Waals surface area (Å²) in [5.74, 6) is 0.100. The van der Waals surface area contributed by atoms with Crippen LogP contribution in [0.25, 0.3) is 0 Å². The van der Waals surface area contributed by atoms with Gasteiger partial charge in [-0.25, -0.2) is 4.79 Å². The van der Waals surface area contributed by atoms with Gasteiger partial charge in [-0.2, -0.15) is 0 Å². The SMILES string of the molecule is COc1cc(CC[C@@H](C)O)cc(NC(=O)OC(C)(C)C)c1O. The lowest BCUT2D eigenvalue weighted by atomic mass is 10.1. The number of nitrogens with one attached hydrogen (secondary N) is 1. The number of carbonyl (C=O) groups excluding carboxylic acids is 1. The van der Waals surface area contributed by atoms with E-state index in [4.69, 9.17) is 9.47 Å². The number of phenols is 1. The van der Waals surface area contributed by atoms with Crippen LogP contribution in [0.15, 0.2) is 12.1 Å². The van der Waals surface area contributed by atoms with Gasteiger partial charge in [0, 0.05) is 0 Å². The second-order valence-electron chi connectivity index (χ2n) is 6.21. The summed E-state index contributed by atoms with van der Waals surface area (Å²) < 4.78 is 10.3. The topological polar surface area (TPSA) is 88.0 Å². The standard InChI is InChI=1S/C16H25NO5/c1-10(18)6-7-11-8-12(14(19)13(9-11)21-5)17-15(20)22-16(2,3)4/h8-10,18-19H,6-7H2,1-5H3,(H,17,20)/t10-/m1/s1. The number of anilines is 1. The van der Waals surface area contributed by atoms with Gasteiger partial charge in [-0.1, -0.05) is 0 Å². The molecular formula is C16H25NO5. The van der Waals surface area contributed by atoms with E-state index in [2.05, 4.69) is 5.32 Å². The Morgan fingerprint density at radius 3 is 2.50 bits per heavy atom. The molecule has 0 spiro atoms. The number of methoxy groups -OCH3 is 1. The lowest BCUT2D eigenvalue weighted by molar-refractivity contribution is 0.0635. The number of rotatable bonds is 5. The number of aryl methyl sites for hydroxylation is 1. The van der Waals surface area contributed by atoms with Gasteiger partial charge in [0.1, 0.15) is 5.60 Å². The van der Waals surface area contributed by atoms with Crippen LogP contribution >= 0.6 is 0 Å². The average Bonchev–Trinajstić information content (AvgIpc) is 2.37. The molecule has 1 aromatic carbocycles. The van der Waals surface area contributed by atoms with Gasteiger partial charge in [0.15, 0.2) is 11.5 Å². The number of aromatic hydroxyl groups is 1. The third-order valence-electron chi connectivity index (χ3n) is 2.84. The summed E-state index contributed by atoms with van der Waals surface area (Å²) in [5, 5.41) is 22.0. The van der Waals surface area contributed by atoms with E-state index in [9.17, 15) is 15.0 Å². The Morgan fingerprint density at radius 2 is 2.00 bits per heavy atom. The van der Waals surface area contributed by atoms with Crippen LogP contribution in [0.5, 0.6) is 11.5 Å². The Morgan fingerprint density at radius 1 is 1.36 bits per heavy atom. The van der Waals surface area contributed by atoms with Crippen molar-refractivity contribution in [3.8, 4) is 11.5 Å². The van der Waals surface area contributed by atoms with Crippen LogP contribution in [0.1, 0.15) is 39.7 Å². The summed E-state index contributed by atoms with van der Waals surface area (Å²) in [7, 11) is 1.44. The van der Waals surface area contributed by atoms with Crippen LogP contribution in [0.2, 0.25) is 0 Å². The molecule has 0 radical (unpaired) electrons. The van der Waals surface area contributed by atoms with E-state index in [1.807, 2.05) is 0 Å². The minimum absolute atomic E-state index is 0.158. The number of carbonyl (C=O) groups is 1. The van der Waals surface area contributed by atoms with Crippen molar-refractivity contribution in [2.45, 2.75) is 52.2 Å². The first-order valence-electron chi connectivity index (χ1n) is 7.20. The fourth-order valence-corrected chi connectivity index (χ4v) is 1.85. The summed E-state index contributed by atoms with van der Waals surface area (Å²) in [5.41, 5.74) is 0.420. The molecule has 1 amide bonds. The number of ether oxygens (including phenoxy) is 2. The Balaban J connectivity index is 2.96. The van der Waals surface area contributed by atoms with E-state index in [0.717, 1.165) is 5.56 Å². The maximum Gasteiger partial charge on any atom is 0.412 e. The molecule has 0 aliphatic heterocycles. The van der Waals surface area contributed by atoms with Crippen molar-refractivity contribution >= 4 is 11.8 Å². The van der Waals surface area contributed by atoms with Crippen molar-refractivity contribution in [1.82, 2.24) is 0 Å². The number of amides is 1. The third-order valence-corrected chi connectivity index (χ3v) is 2.84. The van der Waals surface area contributed by atoms with Gasteiger partial charge >= 0.3 is 6.09 Å². The maximum atomic E-state index is 11.8. The molecule has 1 atom stereocenters. The Bertz CT molecular complexity index is 520. The fourth-order valence-electron chi connectivity index (χ4n) is 1.85. The molecule has 22 heavy (non-hydrogen) atoms. The molecule has 0 aromatic heterocycles. The minimum atomic E-state index is -0.655. The van der Waals surface area contributed by atoms with Crippen LogP contribution in [-0.4, -0.2) is 35.1 Å². The highest BCUT2D eigenvalue weighted by molar-refractivity contribution is 5.88. The lowest BCUT2D eigenvalue weighted by Crippen LogP contribution is -2.27. The van der Waals surface area contributed by atoms with Crippen molar-refractivity contribution in [3.05, 3.63) is 17.7 Å². The molecule has 6 nitrogen and oxygen atoms in total. The van der Waals surface area contributed by atoms with E-state index in [0.29, 0.717) is 12.8 Å². The molecule has 0 saturated carbocycles. The molecule has 0 heterocycles. The zero-order chi connectivity index (χ0) is 16.9.